The number of nitrogens with zero attached hydrogens (tertiary/aromatic N) is 3. The minimum Gasteiger partial charge on any atom is -0.490 e. The molecule has 1 aromatic carbocycles. The van der Waals surface area contributed by atoms with Crippen molar-refractivity contribution in [2.75, 3.05) is 6.61 Å². The second-order valence-electron chi connectivity index (χ2n) is 5.34. The van der Waals surface area contributed by atoms with E-state index in [0.29, 0.717) is 28.3 Å². The molecular weight excluding hydrogens is 393 g/mol. The molecule has 0 atom stereocenters. The number of H-pyrrole nitrogens is 1. The summed E-state index contributed by atoms with van der Waals surface area (Å²) < 4.78 is 50.1. The number of aromatic amines is 1. The zero-order valence-electron chi connectivity index (χ0n) is 14.1. The van der Waals surface area contributed by atoms with Crippen molar-refractivity contribution in [2.45, 2.75) is 33.1 Å². The predicted molar refractivity (Wildman–Crippen MR) is 93.8 cm³/mol. The molecule has 6 nitrogen and oxygen atoms in total. The maximum atomic E-state index is 12.9. The smallest absolute Gasteiger partial charge is 0.453 e. The molecule has 0 amide bonds. The van der Waals surface area contributed by atoms with Crippen molar-refractivity contribution in [1.82, 2.24) is 14.9 Å². The fraction of sp³-hybridized carbons (Fsp3) is 0.400. The van der Waals surface area contributed by atoms with Crippen LogP contribution in [0.15, 0.2) is 17.2 Å². The first kappa shape index (κ1) is 20.2. The van der Waals surface area contributed by atoms with E-state index in [1.54, 1.807) is 13.0 Å². The van der Waals surface area contributed by atoms with Crippen molar-refractivity contribution in [3.8, 4) is 11.5 Å². The summed E-state index contributed by atoms with van der Waals surface area (Å²) >= 11 is 11.0. The second kappa shape index (κ2) is 8.09. The van der Waals surface area contributed by atoms with Crippen molar-refractivity contribution < 1.29 is 22.6 Å². The van der Waals surface area contributed by atoms with Crippen molar-refractivity contribution in [1.29, 1.82) is 0 Å². The Morgan fingerprint density at radius 1 is 1.42 bits per heavy atom. The van der Waals surface area contributed by atoms with Gasteiger partial charge in [-0.25, -0.2) is 5.10 Å². The number of aromatic nitrogens is 3. The monoisotopic (exact) mass is 408 g/mol. The van der Waals surface area contributed by atoms with Crippen LogP contribution in [0.5, 0.6) is 11.5 Å². The minimum atomic E-state index is -4.70. The van der Waals surface area contributed by atoms with Crippen LogP contribution in [0.1, 0.15) is 32.2 Å². The van der Waals surface area contributed by atoms with Crippen molar-refractivity contribution in [3.05, 3.63) is 33.3 Å². The molecule has 0 aliphatic rings. The lowest BCUT2D eigenvalue weighted by atomic mass is 10.2. The van der Waals surface area contributed by atoms with Gasteiger partial charge < -0.3 is 9.47 Å². The normalized spacial score (nSPS) is 12.2. The zero-order valence-corrected chi connectivity index (χ0v) is 15.7. The van der Waals surface area contributed by atoms with Crippen LogP contribution in [0.25, 0.3) is 0 Å². The third-order valence-electron chi connectivity index (χ3n) is 2.91. The summed E-state index contributed by atoms with van der Waals surface area (Å²) in [7, 11) is 0. The Labute approximate surface area is 157 Å². The summed E-state index contributed by atoms with van der Waals surface area (Å²) in [4.78, 5) is 0. The summed E-state index contributed by atoms with van der Waals surface area (Å²) in [5.41, 5.74) is 0.408. The van der Waals surface area contributed by atoms with E-state index in [4.69, 9.17) is 33.3 Å². The molecule has 2 aromatic rings. The van der Waals surface area contributed by atoms with Crippen LogP contribution in [0.2, 0.25) is 5.02 Å². The average molecular weight is 409 g/mol. The van der Waals surface area contributed by atoms with E-state index in [1.165, 1.54) is 12.3 Å². The highest BCUT2D eigenvalue weighted by atomic mass is 35.5. The molecule has 0 bridgehead atoms. The average Bonchev–Trinajstić information content (AvgIpc) is 2.89. The molecule has 0 fully saturated rings. The first-order valence-corrected chi connectivity index (χ1v) is 8.34. The summed E-state index contributed by atoms with van der Waals surface area (Å²) in [6, 6.07) is 3.07. The first-order valence-electron chi connectivity index (χ1n) is 7.55. The van der Waals surface area contributed by atoms with Crippen molar-refractivity contribution in [2.24, 2.45) is 5.10 Å². The number of halogens is 4. The van der Waals surface area contributed by atoms with Gasteiger partial charge in [-0.15, -0.1) is 5.10 Å². The molecule has 0 unspecified atom stereocenters. The number of benzene rings is 1. The lowest BCUT2D eigenvalue weighted by molar-refractivity contribution is -0.147. The van der Waals surface area contributed by atoms with Crippen LogP contribution in [0.3, 0.4) is 0 Å². The Morgan fingerprint density at radius 3 is 2.69 bits per heavy atom. The standard InChI is InChI=1S/C15H16ClF3N4O2S/c1-4-24-11-6-9(5-10(16)12(11)25-8(2)3)7-20-23-13(15(17,18)19)21-22-14(23)26/h5-8H,4H2,1-3H3,(H,22,26)/b20-7-. The lowest BCUT2D eigenvalue weighted by Gasteiger charge is -2.16. The predicted octanol–water partition coefficient (Wildman–Crippen LogP) is 4.68. The maximum absolute atomic E-state index is 12.9. The van der Waals surface area contributed by atoms with E-state index in [1.807, 2.05) is 13.8 Å². The van der Waals surface area contributed by atoms with Gasteiger partial charge in [0.15, 0.2) is 11.5 Å². The number of hydrogen-bond acceptors (Lipinski definition) is 5. The quantitative estimate of drug-likeness (QED) is 0.556. The molecule has 2 rings (SSSR count). The zero-order chi connectivity index (χ0) is 19.5. The van der Waals surface area contributed by atoms with Gasteiger partial charge in [0, 0.05) is 0 Å². The molecule has 0 radical (unpaired) electrons. The van der Waals surface area contributed by atoms with Gasteiger partial charge in [-0.1, -0.05) is 11.6 Å². The van der Waals surface area contributed by atoms with Gasteiger partial charge in [0.25, 0.3) is 5.82 Å². The second-order valence-corrected chi connectivity index (χ2v) is 6.13. The van der Waals surface area contributed by atoms with Crippen LogP contribution in [0.4, 0.5) is 13.2 Å². The lowest BCUT2D eigenvalue weighted by Crippen LogP contribution is -2.13. The van der Waals surface area contributed by atoms with Gasteiger partial charge in [0.2, 0.25) is 4.77 Å². The molecule has 1 aromatic heterocycles. The van der Waals surface area contributed by atoms with Crippen LogP contribution in [-0.2, 0) is 6.18 Å². The van der Waals surface area contributed by atoms with E-state index < -0.39 is 12.0 Å². The highest BCUT2D eigenvalue weighted by Crippen LogP contribution is 2.37. The van der Waals surface area contributed by atoms with Gasteiger partial charge in [-0.2, -0.15) is 22.9 Å². The number of alkyl halides is 3. The van der Waals surface area contributed by atoms with Gasteiger partial charge >= 0.3 is 6.18 Å². The summed E-state index contributed by atoms with van der Waals surface area (Å²) in [5, 5.41) is 9.21. The van der Waals surface area contributed by atoms with Crippen molar-refractivity contribution >= 4 is 30.0 Å². The first-order chi connectivity index (χ1) is 12.1. The largest absolute Gasteiger partial charge is 0.490 e. The molecule has 0 spiro atoms. The Morgan fingerprint density at radius 2 is 2.12 bits per heavy atom. The van der Waals surface area contributed by atoms with Gasteiger partial charge in [-0.05, 0) is 50.7 Å². The molecular formula is C15H16ClF3N4O2S. The molecule has 0 aliphatic carbocycles. The topological polar surface area (TPSA) is 64.4 Å². The number of rotatable bonds is 6. The third-order valence-corrected chi connectivity index (χ3v) is 3.46. The maximum Gasteiger partial charge on any atom is 0.453 e. The highest BCUT2D eigenvalue weighted by Gasteiger charge is 2.37. The van der Waals surface area contributed by atoms with Gasteiger partial charge in [0.1, 0.15) is 0 Å². The fourth-order valence-corrected chi connectivity index (χ4v) is 2.43. The van der Waals surface area contributed by atoms with Gasteiger partial charge in [0.05, 0.1) is 23.9 Å². The molecule has 0 aliphatic heterocycles. The number of nitrogens with one attached hydrogen (secondary N) is 1. The fourth-order valence-electron chi connectivity index (χ4n) is 1.98. The molecule has 1 heterocycles. The van der Waals surface area contributed by atoms with E-state index in [9.17, 15) is 13.2 Å². The Hall–Kier alpha value is -2.07. The summed E-state index contributed by atoms with van der Waals surface area (Å²) in [6.07, 6.45) is -3.66. The summed E-state index contributed by atoms with van der Waals surface area (Å²) in [6.45, 7) is 5.81. The molecule has 0 saturated carbocycles. The van der Waals surface area contributed by atoms with E-state index in [-0.39, 0.29) is 15.9 Å². The highest BCUT2D eigenvalue weighted by molar-refractivity contribution is 7.71. The summed E-state index contributed by atoms with van der Waals surface area (Å²) in [5.74, 6) is -0.534. The molecule has 0 saturated heterocycles. The Kier molecular flexibility index (Phi) is 6.30. The molecule has 26 heavy (non-hydrogen) atoms. The van der Waals surface area contributed by atoms with E-state index in [2.05, 4.69) is 15.3 Å². The molecule has 11 heteroatoms. The number of hydrogen-bond donors (Lipinski definition) is 1. The van der Waals surface area contributed by atoms with Crippen LogP contribution in [0, 0.1) is 4.77 Å². The van der Waals surface area contributed by atoms with Gasteiger partial charge in [-0.3, -0.25) is 0 Å². The third kappa shape index (κ3) is 4.76. The van der Waals surface area contributed by atoms with E-state index in [0.717, 1.165) is 0 Å². The SMILES string of the molecule is CCOc1cc(/C=N\n2c(C(F)(F)F)n[nH]c2=S)cc(Cl)c1OC(C)C. The number of ether oxygens (including phenoxy) is 2. The molecule has 142 valence electrons. The Bertz CT molecular complexity index is 862. The van der Waals surface area contributed by atoms with Crippen LogP contribution >= 0.6 is 23.8 Å². The van der Waals surface area contributed by atoms with E-state index >= 15 is 0 Å². The van der Waals surface area contributed by atoms with Crippen molar-refractivity contribution in [3.63, 3.8) is 0 Å². The van der Waals surface area contributed by atoms with Crippen LogP contribution < -0.4 is 9.47 Å². The minimum absolute atomic E-state index is 0.134. The Balaban J connectivity index is 2.43. The molecule has 1 N–H and O–H groups in total. The van der Waals surface area contributed by atoms with Crippen LogP contribution in [-0.4, -0.2) is 33.8 Å².